The van der Waals surface area contributed by atoms with Gasteiger partial charge in [-0.05, 0) is 13.8 Å². The molecular formula is C5H10I2. The second kappa shape index (κ2) is 2.85. The van der Waals surface area contributed by atoms with E-state index < -0.39 is 0 Å². The Morgan fingerprint density at radius 2 is 1.57 bits per heavy atom. The first-order valence-corrected chi connectivity index (χ1v) is 4.60. The molecule has 0 aliphatic heterocycles. The summed E-state index contributed by atoms with van der Waals surface area (Å²) in [6, 6.07) is 0. The van der Waals surface area contributed by atoms with Gasteiger partial charge in [-0.15, -0.1) is 0 Å². The van der Waals surface area contributed by atoms with Crippen molar-refractivity contribution in [3.8, 4) is 0 Å². The van der Waals surface area contributed by atoms with Crippen molar-refractivity contribution < 1.29 is 0 Å². The van der Waals surface area contributed by atoms with Crippen molar-refractivity contribution in [2.75, 3.05) is 0 Å². The molecule has 0 radical (unpaired) electrons. The molecule has 0 aromatic rings. The smallest absolute Gasteiger partial charge is 0.0280 e. The SMILES string of the molecule is CC(I)C(C)(C)I. The van der Waals surface area contributed by atoms with Gasteiger partial charge in [0.05, 0.1) is 0 Å². The summed E-state index contributed by atoms with van der Waals surface area (Å²) < 4.78 is 1.21. The average molecular weight is 324 g/mol. The van der Waals surface area contributed by atoms with Gasteiger partial charge in [-0.3, -0.25) is 0 Å². The first-order valence-electron chi connectivity index (χ1n) is 2.27. The summed E-state index contributed by atoms with van der Waals surface area (Å²) in [6.07, 6.45) is 0. The van der Waals surface area contributed by atoms with Crippen LogP contribution < -0.4 is 0 Å². The summed E-state index contributed by atoms with van der Waals surface area (Å²) in [5.74, 6) is 0. The highest BCUT2D eigenvalue weighted by molar-refractivity contribution is 14.1. The van der Waals surface area contributed by atoms with Crippen LogP contribution in [0.25, 0.3) is 0 Å². The van der Waals surface area contributed by atoms with E-state index in [0.29, 0.717) is 3.42 Å². The predicted octanol–water partition coefficient (Wildman–Crippen LogP) is 3.02. The quantitative estimate of drug-likeness (QED) is 0.514. The van der Waals surface area contributed by atoms with Gasteiger partial charge in [-0.2, -0.15) is 0 Å². The van der Waals surface area contributed by atoms with Crippen molar-refractivity contribution in [1.82, 2.24) is 0 Å². The number of hydrogen-bond acceptors (Lipinski definition) is 0. The molecule has 1 unspecified atom stereocenters. The summed E-state index contributed by atoms with van der Waals surface area (Å²) in [5.41, 5.74) is 0. The van der Waals surface area contributed by atoms with Crippen LogP contribution in [0.2, 0.25) is 0 Å². The van der Waals surface area contributed by atoms with E-state index in [0.717, 1.165) is 3.92 Å². The molecule has 0 spiro atoms. The third-order valence-electron chi connectivity index (χ3n) is 0.946. The van der Waals surface area contributed by atoms with E-state index in [-0.39, 0.29) is 0 Å². The van der Waals surface area contributed by atoms with Crippen LogP contribution in [0.3, 0.4) is 0 Å². The number of halogens is 2. The summed E-state index contributed by atoms with van der Waals surface area (Å²) >= 11 is 4.90. The fourth-order valence-electron chi connectivity index (χ4n) is 0. The summed E-state index contributed by atoms with van der Waals surface area (Å²) in [4.78, 5) is 0. The van der Waals surface area contributed by atoms with Crippen molar-refractivity contribution in [3.05, 3.63) is 0 Å². The maximum atomic E-state index is 2.46. The van der Waals surface area contributed by atoms with Crippen LogP contribution in [0.4, 0.5) is 0 Å². The molecule has 0 rings (SSSR count). The van der Waals surface area contributed by atoms with Gasteiger partial charge in [0.15, 0.2) is 0 Å². The maximum Gasteiger partial charge on any atom is 0.0280 e. The molecule has 2 heteroatoms. The van der Waals surface area contributed by atoms with Crippen molar-refractivity contribution in [3.63, 3.8) is 0 Å². The van der Waals surface area contributed by atoms with Gasteiger partial charge in [0, 0.05) is 7.35 Å². The lowest BCUT2D eigenvalue weighted by atomic mass is 10.2. The van der Waals surface area contributed by atoms with Gasteiger partial charge in [-0.25, -0.2) is 0 Å². The maximum absolute atomic E-state index is 2.46. The summed E-state index contributed by atoms with van der Waals surface area (Å²) in [7, 11) is 0. The molecule has 0 aliphatic rings. The van der Waals surface area contributed by atoms with Gasteiger partial charge in [-0.1, -0.05) is 52.1 Å². The lowest BCUT2D eigenvalue weighted by molar-refractivity contribution is 0.758. The normalized spacial score (nSPS) is 16.7. The van der Waals surface area contributed by atoms with E-state index in [1.54, 1.807) is 0 Å². The van der Waals surface area contributed by atoms with E-state index in [9.17, 15) is 0 Å². The van der Waals surface area contributed by atoms with Crippen LogP contribution in [-0.4, -0.2) is 7.35 Å². The van der Waals surface area contributed by atoms with Crippen molar-refractivity contribution in [1.29, 1.82) is 0 Å². The highest BCUT2D eigenvalue weighted by Gasteiger charge is 2.17. The Morgan fingerprint density at radius 3 is 1.57 bits per heavy atom. The molecule has 0 saturated heterocycles. The molecule has 7 heavy (non-hydrogen) atoms. The first-order chi connectivity index (χ1) is 2.94. The summed E-state index contributed by atoms with van der Waals surface area (Å²) in [6.45, 7) is 6.71. The van der Waals surface area contributed by atoms with Gasteiger partial charge in [0.1, 0.15) is 0 Å². The number of hydrogen-bond donors (Lipinski definition) is 0. The highest BCUT2D eigenvalue weighted by Crippen LogP contribution is 2.26. The highest BCUT2D eigenvalue weighted by atomic mass is 127. The lowest BCUT2D eigenvalue weighted by Crippen LogP contribution is -2.19. The minimum absolute atomic E-state index is 0.457. The van der Waals surface area contributed by atoms with Crippen molar-refractivity contribution >= 4 is 45.2 Å². The Morgan fingerprint density at radius 1 is 1.43 bits per heavy atom. The minimum Gasteiger partial charge on any atom is -0.0815 e. The molecule has 1 atom stereocenters. The Balaban J connectivity index is 3.54. The Bertz CT molecular complexity index is 51.6. The first kappa shape index (κ1) is 8.46. The second-order valence-electron chi connectivity index (χ2n) is 2.18. The molecule has 44 valence electrons. The number of alkyl halides is 2. The molecule has 0 aliphatic carbocycles. The van der Waals surface area contributed by atoms with E-state index in [2.05, 4.69) is 66.0 Å². The van der Waals surface area contributed by atoms with Crippen LogP contribution in [-0.2, 0) is 0 Å². The zero-order chi connectivity index (χ0) is 6.08. The fourth-order valence-corrected chi connectivity index (χ4v) is 0. The van der Waals surface area contributed by atoms with E-state index >= 15 is 0 Å². The van der Waals surface area contributed by atoms with Crippen LogP contribution in [0.5, 0.6) is 0 Å². The fraction of sp³-hybridized carbons (Fsp3) is 1.00. The van der Waals surface area contributed by atoms with E-state index in [4.69, 9.17) is 0 Å². The van der Waals surface area contributed by atoms with Gasteiger partial charge in [0.2, 0.25) is 0 Å². The Hall–Kier alpha value is 1.46. The molecule has 0 bridgehead atoms. The third kappa shape index (κ3) is 4.00. The van der Waals surface area contributed by atoms with Crippen LogP contribution in [0, 0.1) is 0 Å². The van der Waals surface area contributed by atoms with Crippen molar-refractivity contribution in [2.45, 2.75) is 28.1 Å². The third-order valence-corrected chi connectivity index (χ3v) is 4.63. The van der Waals surface area contributed by atoms with E-state index in [1.807, 2.05) is 0 Å². The summed E-state index contributed by atoms with van der Waals surface area (Å²) in [5, 5.41) is 0. The van der Waals surface area contributed by atoms with Crippen molar-refractivity contribution in [2.24, 2.45) is 0 Å². The van der Waals surface area contributed by atoms with Gasteiger partial charge < -0.3 is 0 Å². The Kier molecular flexibility index (Phi) is 3.44. The molecule has 0 fully saturated rings. The van der Waals surface area contributed by atoms with E-state index in [1.165, 1.54) is 0 Å². The molecular weight excluding hydrogens is 314 g/mol. The van der Waals surface area contributed by atoms with Crippen LogP contribution in [0.15, 0.2) is 0 Å². The molecule has 0 aromatic heterocycles. The van der Waals surface area contributed by atoms with Gasteiger partial charge >= 0.3 is 0 Å². The lowest BCUT2D eigenvalue weighted by Gasteiger charge is -2.18. The predicted molar refractivity (Wildman–Crippen MR) is 51.6 cm³/mol. The molecule has 0 amide bonds. The standard InChI is InChI=1S/C5H10I2/c1-4(6)5(2,3)7/h4H,1-3H3. The second-order valence-corrected chi connectivity index (χ2v) is 6.83. The van der Waals surface area contributed by atoms with Crippen LogP contribution >= 0.6 is 45.2 Å². The average Bonchev–Trinajstić information content (AvgIpc) is 1.31. The molecule has 0 N–H and O–H groups in total. The number of rotatable bonds is 1. The van der Waals surface area contributed by atoms with Gasteiger partial charge in [0.25, 0.3) is 0 Å². The minimum atomic E-state index is 0.457. The molecule has 0 saturated carbocycles. The zero-order valence-corrected chi connectivity index (χ0v) is 9.15. The van der Waals surface area contributed by atoms with Crippen LogP contribution in [0.1, 0.15) is 20.8 Å². The Labute approximate surface area is 72.7 Å². The monoisotopic (exact) mass is 324 g/mol. The molecule has 0 aromatic carbocycles. The molecule has 0 heterocycles. The molecule has 0 nitrogen and oxygen atoms in total. The largest absolute Gasteiger partial charge is 0.0815 e. The zero-order valence-electron chi connectivity index (χ0n) is 4.83. The topological polar surface area (TPSA) is 0 Å².